The molecule has 0 bridgehead atoms. The third-order valence-electron chi connectivity index (χ3n) is 4.45. The highest BCUT2D eigenvalue weighted by Gasteiger charge is 2.47. The normalized spacial score (nSPS) is 31.6. The van der Waals surface area contributed by atoms with E-state index in [1.165, 1.54) is 38.5 Å². The minimum atomic E-state index is 0.565. The first-order valence-corrected chi connectivity index (χ1v) is 5.78. The molecule has 2 N–H and O–H groups in total. The molecule has 76 valence electrons. The maximum absolute atomic E-state index is 5.97. The molecule has 0 aliphatic heterocycles. The molecule has 0 amide bonds. The van der Waals surface area contributed by atoms with Crippen LogP contribution in [-0.2, 0) is 0 Å². The summed E-state index contributed by atoms with van der Waals surface area (Å²) in [5, 5.41) is 0. The minimum absolute atomic E-state index is 0.565. The molecule has 13 heavy (non-hydrogen) atoms. The van der Waals surface area contributed by atoms with Gasteiger partial charge in [-0.1, -0.05) is 13.8 Å². The molecule has 0 unspecified atom stereocenters. The zero-order valence-corrected chi connectivity index (χ0v) is 9.10. The summed E-state index contributed by atoms with van der Waals surface area (Å²) >= 11 is 0. The highest BCUT2D eigenvalue weighted by molar-refractivity contribution is 4.98. The molecule has 1 heteroatoms. The summed E-state index contributed by atoms with van der Waals surface area (Å²) in [6.45, 7) is 5.74. The van der Waals surface area contributed by atoms with Gasteiger partial charge in [0, 0.05) is 0 Å². The highest BCUT2D eigenvalue weighted by Crippen LogP contribution is 2.56. The van der Waals surface area contributed by atoms with Crippen molar-refractivity contribution in [1.82, 2.24) is 0 Å². The largest absolute Gasteiger partial charge is 0.330 e. The molecule has 0 saturated heterocycles. The summed E-state index contributed by atoms with van der Waals surface area (Å²) in [4.78, 5) is 0. The van der Waals surface area contributed by atoms with Gasteiger partial charge in [0.15, 0.2) is 0 Å². The minimum Gasteiger partial charge on any atom is -0.330 e. The summed E-state index contributed by atoms with van der Waals surface area (Å²) in [6, 6.07) is 0. The quantitative estimate of drug-likeness (QED) is 0.696. The lowest BCUT2D eigenvalue weighted by molar-refractivity contribution is 0.0876. The lowest BCUT2D eigenvalue weighted by Crippen LogP contribution is -2.38. The molecule has 1 nitrogen and oxygen atoms in total. The molecule has 0 radical (unpaired) electrons. The summed E-state index contributed by atoms with van der Waals surface area (Å²) in [6.07, 6.45) is 8.47. The molecule has 0 aromatic carbocycles. The third-order valence-corrected chi connectivity index (χ3v) is 4.45. The number of hydrogen-bond donors (Lipinski definition) is 1. The standard InChI is InChI=1S/C12H23N/c1-11(2)5-7-12(9-13,8-6-11)10-3-4-10/h10H,3-9,13H2,1-2H3. The van der Waals surface area contributed by atoms with Crippen molar-refractivity contribution in [3.63, 3.8) is 0 Å². The van der Waals surface area contributed by atoms with Crippen LogP contribution >= 0.6 is 0 Å². The summed E-state index contributed by atoms with van der Waals surface area (Å²) < 4.78 is 0. The molecule has 0 aromatic heterocycles. The average molecular weight is 181 g/mol. The van der Waals surface area contributed by atoms with E-state index in [4.69, 9.17) is 5.73 Å². The molecule has 2 aliphatic carbocycles. The van der Waals surface area contributed by atoms with Gasteiger partial charge in [-0.3, -0.25) is 0 Å². The van der Waals surface area contributed by atoms with Crippen molar-refractivity contribution in [2.75, 3.05) is 6.54 Å². The second-order valence-corrected chi connectivity index (χ2v) is 6.00. The number of rotatable bonds is 2. The fourth-order valence-corrected chi connectivity index (χ4v) is 2.90. The van der Waals surface area contributed by atoms with Gasteiger partial charge in [-0.25, -0.2) is 0 Å². The van der Waals surface area contributed by atoms with Crippen molar-refractivity contribution in [3.8, 4) is 0 Å². The molecule has 0 atom stereocenters. The fourth-order valence-electron chi connectivity index (χ4n) is 2.90. The van der Waals surface area contributed by atoms with Crippen molar-refractivity contribution < 1.29 is 0 Å². The third kappa shape index (κ3) is 1.76. The summed E-state index contributed by atoms with van der Waals surface area (Å²) in [7, 11) is 0. The van der Waals surface area contributed by atoms with Crippen LogP contribution in [0.5, 0.6) is 0 Å². The number of nitrogens with two attached hydrogens (primary N) is 1. The van der Waals surface area contributed by atoms with E-state index in [2.05, 4.69) is 13.8 Å². The van der Waals surface area contributed by atoms with Gasteiger partial charge in [0.2, 0.25) is 0 Å². The molecule has 2 saturated carbocycles. The molecule has 0 aromatic rings. The Morgan fingerprint density at radius 1 is 1.08 bits per heavy atom. The second kappa shape index (κ2) is 2.98. The van der Waals surface area contributed by atoms with Crippen LogP contribution in [0.1, 0.15) is 52.4 Å². The molecule has 2 rings (SSSR count). The van der Waals surface area contributed by atoms with Gasteiger partial charge in [0.05, 0.1) is 0 Å². The zero-order chi connectivity index (χ0) is 9.53. The van der Waals surface area contributed by atoms with Gasteiger partial charge in [-0.15, -0.1) is 0 Å². The smallest absolute Gasteiger partial charge is 0.00179 e. The Labute approximate surface area is 82.1 Å². The summed E-state index contributed by atoms with van der Waals surface area (Å²) in [5.41, 5.74) is 7.12. The van der Waals surface area contributed by atoms with Crippen LogP contribution in [0.3, 0.4) is 0 Å². The maximum atomic E-state index is 5.97. The van der Waals surface area contributed by atoms with E-state index >= 15 is 0 Å². The van der Waals surface area contributed by atoms with Gasteiger partial charge in [0.1, 0.15) is 0 Å². The highest BCUT2D eigenvalue weighted by atomic mass is 14.7. The fraction of sp³-hybridized carbons (Fsp3) is 1.00. The van der Waals surface area contributed by atoms with Crippen LogP contribution in [0.25, 0.3) is 0 Å². The second-order valence-electron chi connectivity index (χ2n) is 6.00. The monoisotopic (exact) mass is 181 g/mol. The van der Waals surface area contributed by atoms with Crippen molar-refractivity contribution in [3.05, 3.63) is 0 Å². The lowest BCUT2D eigenvalue weighted by atomic mass is 9.63. The molecule has 0 heterocycles. The lowest BCUT2D eigenvalue weighted by Gasteiger charge is -2.43. The Hall–Kier alpha value is -0.0400. The molecule has 2 aliphatic rings. The van der Waals surface area contributed by atoms with E-state index in [-0.39, 0.29) is 0 Å². The first kappa shape index (κ1) is 9.51. The van der Waals surface area contributed by atoms with Gasteiger partial charge in [-0.2, -0.15) is 0 Å². The van der Waals surface area contributed by atoms with Crippen molar-refractivity contribution in [2.24, 2.45) is 22.5 Å². The van der Waals surface area contributed by atoms with Crippen LogP contribution in [0.2, 0.25) is 0 Å². The zero-order valence-electron chi connectivity index (χ0n) is 9.10. The molecular weight excluding hydrogens is 158 g/mol. The Morgan fingerprint density at radius 3 is 2.00 bits per heavy atom. The van der Waals surface area contributed by atoms with Gasteiger partial charge in [0.25, 0.3) is 0 Å². The van der Waals surface area contributed by atoms with Crippen LogP contribution in [0.15, 0.2) is 0 Å². The van der Waals surface area contributed by atoms with E-state index in [9.17, 15) is 0 Å². The average Bonchev–Trinajstić information content (AvgIpc) is 2.89. The van der Waals surface area contributed by atoms with E-state index in [1.807, 2.05) is 0 Å². The van der Waals surface area contributed by atoms with E-state index < -0.39 is 0 Å². The van der Waals surface area contributed by atoms with E-state index in [0.717, 1.165) is 12.5 Å². The molecule has 2 fully saturated rings. The van der Waals surface area contributed by atoms with E-state index in [1.54, 1.807) is 0 Å². The Kier molecular flexibility index (Phi) is 2.18. The first-order chi connectivity index (χ1) is 6.08. The Morgan fingerprint density at radius 2 is 1.62 bits per heavy atom. The topological polar surface area (TPSA) is 26.0 Å². The molecular formula is C12H23N. The van der Waals surface area contributed by atoms with Gasteiger partial charge < -0.3 is 5.73 Å². The van der Waals surface area contributed by atoms with Gasteiger partial charge >= 0.3 is 0 Å². The SMILES string of the molecule is CC1(C)CCC(CN)(C2CC2)CC1. The van der Waals surface area contributed by atoms with Crippen LogP contribution in [0, 0.1) is 16.7 Å². The van der Waals surface area contributed by atoms with E-state index in [0.29, 0.717) is 10.8 Å². The molecule has 0 spiro atoms. The van der Waals surface area contributed by atoms with Crippen LogP contribution in [-0.4, -0.2) is 6.54 Å². The van der Waals surface area contributed by atoms with Crippen LogP contribution < -0.4 is 5.73 Å². The predicted molar refractivity (Wildman–Crippen MR) is 56.5 cm³/mol. The first-order valence-electron chi connectivity index (χ1n) is 5.78. The number of hydrogen-bond acceptors (Lipinski definition) is 1. The maximum Gasteiger partial charge on any atom is -0.00179 e. The Bertz CT molecular complexity index is 181. The van der Waals surface area contributed by atoms with Crippen LogP contribution in [0.4, 0.5) is 0 Å². The Balaban J connectivity index is 2.01. The predicted octanol–water partition coefficient (Wildman–Crippen LogP) is 2.94. The van der Waals surface area contributed by atoms with Crippen molar-refractivity contribution >= 4 is 0 Å². The summed E-state index contributed by atoms with van der Waals surface area (Å²) in [5.74, 6) is 0.994. The van der Waals surface area contributed by atoms with Crippen molar-refractivity contribution in [1.29, 1.82) is 0 Å². The van der Waals surface area contributed by atoms with Crippen molar-refractivity contribution in [2.45, 2.75) is 52.4 Å². The van der Waals surface area contributed by atoms with Gasteiger partial charge in [-0.05, 0) is 61.8 Å².